The summed E-state index contributed by atoms with van der Waals surface area (Å²) in [5.74, 6) is -2.21. The molecule has 0 aliphatic heterocycles. The lowest BCUT2D eigenvalue weighted by molar-refractivity contribution is -0.135. The Morgan fingerprint density at radius 3 is 2.50 bits per heavy atom. The zero-order valence-corrected chi connectivity index (χ0v) is 19.2. The van der Waals surface area contributed by atoms with E-state index in [1.807, 2.05) is 47.8 Å². The summed E-state index contributed by atoms with van der Waals surface area (Å²) in [4.78, 5) is 41.5. The Morgan fingerprint density at radius 1 is 1.03 bits per heavy atom. The number of rotatable bonds is 9. The average Bonchev–Trinajstić information content (AvgIpc) is 3.54. The number of carboxylic acids is 1. The molecule has 9 heteroatoms. The summed E-state index contributed by atoms with van der Waals surface area (Å²) < 4.78 is 6.08. The maximum Gasteiger partial charge on any atom is 0.322 e. The second-order valence-corrected chi connectivity index (χ2v) is 8.97. The number of nitrogens with one attached hydrogen (secondary N) is 2. The topological polar surface area (TPSA) is 118 Å². The smallest absolute Gasteiger partial charge is 0.322 e. The van der Waals surface area contributed by atoms with Crippen molar-refractivity contribution in [1.29, 1.82) is 0 Å². The van der Waals surface area contributed by atoms with Gasteiger partial charge in [-0.2, -0.15) is 0 Å². The van der Waals surface area contributed by atoms with E-state index in [0.29, 0.717) is 12.2 Å². The number of aromatic nitrogens is 1. The van der Waals surface area contributed by atoms with Crippen LogP contribution in [0, 0.1) is 0 Å². The Balaban J connectivity index is 1.49. The highest BCUT2D eigenvalue weighted by Gasteiger charge is 2.30. The zero-order valence-electron chi connectivity index (χ0n) is 18.4. The number of benzene rings is 1. The standard InChI is InChI=1S/C25H25N3O5S/c29-23(30)14-26-24(31)19-12-17(22-10-5-11-34-22)13-20(27-19)25(32)28-18-8-4-9-21(18)33-15-16-6-2-1-3-7-16/h1-3,5-7,10-13,18,21H,4,8-9,14-15H2,(H,26,31)(H,28,32)(H,29,30)/t18?,21-/m1/s1. The third-order valence-corrected chi connectivity index (χ3v) is 6.49. The number of hydrogen-bond acceptors (Lipinski definition) is 6. The van der Waals surface area contributed by atoms with E-state index in [1.54, 1.807) is 12.1 Å². The minimum Gasteiger partial charge on any atom is -0.480 e. The largest absolute Gasteiger partial charge is 0.480 e. The summed E-state index contributed by atoms with van der Waals surface area (Å²) >= 11 is 1.47. The lowest BCUT2D eigenvalue weighted by Crippen LogP contribution is -2.41. The summed E-state index contributed by atoms with van der Waals surface area (Å²) in [6.07, 6.45) is 2.48. The molecule has 2 aromatic heterocycles. The van der Waals surface area contributed by atoms with Crippen LogP contribution in [-0.2, 0) is 16.1 Å². The molecular weight excluding hydrogens is 454 g/mol. The summed E-state index contributed by atoms with van der Waals surface area (Å²) in [6.45, 7) is -0.0638. The monoisotopic (exact) mass is 479 g/mol. The summed E-state index contributed by atoms with van der Waals surface area (Å²) in [6, 6.07) is 16.7. The first-order chi connectivity index (χ1) is 16.5. The number of ether oxygens (including phenoxy) is 1. The number of carbonyl (C=O) groups excluding carboxylic acids is 2. The molecule has 176 valence electrons. The first kappa shape index (κ1) is 23.6. The predicted molar refractivity (Wildman–Crippen MR) is 128 cm³/mol. The quantitative estimate of drug-likeness (QED) is 0.432. The van der Waals surface area contributed by atoms with Crippen LogP contribution in [0.1, 0.15) is 45.8 Å². The molecule has 0 saturated heterocycles. The van der Waals surface area contributed by atoms with Crippen LogP contribution in [0.25, 0.3) is 10.4 Å². The molecule has 1 saturated carbocycles. The van der Waals surface area contributed by atoms with Crippen LogP contribution in [0.3, 0.4) is 0 Å². The minimum atomic E-state index is -1.16. The van der Waals surface area contributed by atoms with Gasteiger partial charge in [-0.15, -0.1) is 11.3 Å². The second-order valence-electron chi connectivity index (χ2n) is 8.03. The third kappa shape index (κ3) is 6.06. The number of amides is 2. The maximum atomic E-state index is 13.1. The van der Waals surface area contributed by atoms with Gasteiger partial charge in [-0.05, 0) is 54.0 Å². The van der Waals surface area contributed by atoms with Crippen LogP contribution in [0.4, 0.5) is 0 Å². The van der Waals surface area contributed by atoms with E-state index in [1.165, 1.54) is 11.3 Å². The maximum absolute atomic E-state index is 13.1. The summed E-state index contributed by atoms with van der Waals surface area (Å²) in [7, 11) is 0. The van der Waals surface area contributed by atoms with Gasteiger partial charge in [-0.3, -0.25) is 14.4 Å². The van der Waals surface area contributed by atoms with Crippen molar-refractivity contribution in [3.63, 3.8) is 0 Å². The first-order valence-electron chi connectivity index (χ1n) is 11.0. The van der Waals surface area contributed by atoms with Crippen LogP contribution in [0.5, 0.6) is 0 Å². The van der Waals surface area contributed by atoms with Gasteiger partial charge >= 0.3 is 5.97 Å². The number of aliphatic carboxylic acids is 1. The highest BCUT2D eigenvalue weighted by atomic mass is 32.1. The Bertz CT molecular complexity index is 1150. The minimum absolute atomic E-state index is 0.0133. The lowest BCUT2D eigenvalue weighted by Gasteiger charge is -2.21. The normalized spacial score (nSPS) is 17.3. The van der Waals surface area contributed by atoms with Crippen LogP contribution >= 0.6 is 11.3 Å². The van der Waals surface area contributed by atoms with Gasteiger partial charge in [0, 0.05) is 4.88 Å². The molecule has 2 amide bonds. The molecule has 1 aliphatic carbocycles. The number of hydrogen-bond donors (Lipinski definition) is 3. The number of carboxylic acid groups (broad SMARTS) is 1. The zero-order chi connectivity index (χ0) is 23.9. The van der Waals surface area contributed by atoms with E-state index in [2.05, 4.69) is 15.6 Å². The third-order valence-electron chi connectivity index (χ3n) is 5.57. The van der Waals surface area contributed by atoms with Gasteiger partial charge in [-0.25, -0.2) is 4.98 Å². The summed E-state index contributed by atoms with van der Waals surface area (Å²) in [5, 5.41) is 16.1. The fraction of sp³-hybridized carbons (Fsp3) is 0.280. The molecule has 8 nitrogen and oxygen atoms in total. The van der Waals surface area contributed by atoms with Crippen molar-refractivity contribution in [2.45, 2.75) is 38.0 Å². The van der Waals surface area contributed by atoms with E-state index in [0.717, 1.165) is 29.7 Å². The second kappa shape index (κ2) is 11.0. The highest BCUT2D eigenvalue weighted by molar-refractivity contribution is 7.13. The molecule has 3 aromatic rings. The molecule has 1 aromatic carbocycles. The molecule has 0 radical (unpaired) electrons. The average molecular weight is 480 g/mol. The SMILES string of the molecule is O=C(O)CNC(=O)c1cc(-c2cccs2)cc(C(=O)NC2CCC[C@H]2OCc2ccccc2)n1. The first-order valence-corrected chi connectivity index (χ1v) is 11.9. The van der Waals surface area contributed by atoms with Crippen LogP contribution < -0.4 is 10.6 Å². The lowest BCUT2D eigenvalue weighted by atomic mass is 10.1. The number of thiophene rings is 1. The van der Waals surface area contributed by atoms with E-state index < -0.39 is 24.3 Å². The van der Waals surface area contributed by atoms with Crippen molar-refractivity contribution in [1.82, 2.24) is 15.6 Å². The van der Waals surface area contributed by atoms with Gasteiger partial charge in [0.05, 0.1) is 18.8 Å². The van der Waals surface area contributed by atoms with E-state index in [9.17, 15) is 14.4 Å². The van der Waals surface area contributed by atoms with Crippen LogP contribution in [0.2, 0.25) is 0 Å². The van der Waals surface area contributed by atoms with E-state index >= 15 is 0 Å². The molecule has 0 spiro atoms. The van der Waals surface area contributed by atoms with Gasteiger partial charge in [0.2, 0.25) is 0 Å². The number of nitrogens with zero attached hydrogens (tertiary/aromatic N) is 1. The van der Waals surface area contributed by atoms with E-state index in [4.69, 9.17) is 9.84 Å². The molecule has 1 aliphatic rings. The summed E-state index contributed by atoms with van der Waals surface area (Å²) in [5.41, 5.74) is 1.82. The van der Waals surface area contributed by atoms with Crippen molar-refractivity contribution in [3.8, 4) is 10.4 Å². The molecule has 2 atom stereocenters. The predicted octanol–water partition coefficient (Wildman–Crippen LogP) is 3.49. The fourth-order valence-corrected chi connectivity index (χ4v) is 4.62. The highest BCUT2D eigenvalue weighted by Crippen LogP contribution is 2.27. The van der Waals surface area contributed by atoms with Crippen molar-refractivity contribution >= 4 is 29.1 Å². The van der Waals surface area contributed by atoms with Gasteiger partial charge in [0.25, 0.3) is 11.8 Å². The van der Waals surface area contributed by atoms with Gasteiger partial charge in [0.15, 0.2) is 0 Å². The van der Waals surface area contributed by atoms with Crippen molar-refractivity contribution in [2.24, 2.45) is 0 Å². The van der Waals surface area contributed by atoms with Crippen LogP contribution in [-0.4, -0.2) is 46.6 Å². The molecule has 4 rings (SSSR count). The molecule has 0 bridgehead atoms. The van der Waals surface area contributed by atoms with Crippen molar-refractivity contribution in [2.75, 3.05) is 6.54 Å². The van der Waals surface area contributed by atoms with Gasteiger partial charge in [0.1, 0.15) is 17.9 Å². The van der Waals surface area contributed by atoms with Gasteiger partial charge < -0.3 is 20.5 Å². The molecule has 34 heavy (non-hydrogen) atoms. The Labute approximate surface area is 201 Å². The Hall–Kier alpha value is -3.56. The van der Waals surface area contributed by atoms with Crippen molar-refractivity contribution < 1.29 is 24.2 Å². The van der Waals surface area contributed by atoms with E-state index in [-0.39, 0.29) is 23.5 Å². The fourth-order valence-electron chi connectivity index (χ4n) is 3.91. The molecule has 1 unspecified atom stereocenters. The molecular formula is C25H25N3O5S. The Kier molecular flexibility index (Phi) is 7.66. The van der Waals surface area contributed by atoms with Crippen molar-refractivity contribution in [3.05, 3.63) is 76.9 Å². The van der Waals surface area contributed by atoms with Crippen LogP contribution in [0.15, 0.2) is 60.0 Å². The Morgan fingerprint density at radius 2 is 1.79 bits per heavy atom. The van der Waals surface area contributed by atoms with Gasteiger partial charge in [-0.1, -0.05) is 36.4 Å². The molecule has 3 N–H and O–H groups in total. The molecule has 1 fully saturated rings. The molecule has 2 heterocycles. The number of pyridine rings is 1. The number of carbonyl (C=O) groups is 3.